The van der Waals surface area contributed by atoms with Gasteiger partial charge in [0.2, 0.25) is 0 Å². The molecule has 0 bridgehead atoms. The number of halogens is 1. The van der Waals surface area contributed by atoms with Crippen molar-refractivity contribution in [2.45, 2.75) is 25.9 Å². The second-order valence-electron chi connectivity index (χ2n) is 3.62. The minimum absolute atomic E-state index is 0.172. The van der Waals surface area contributed by atoms with Crippen molar-refractivity contribution in [3.63, 3.8) is 0 Å². The first-order chi connectivity index (χ1) is 7.59. The standard InChI is InChI=1S/C11H15ClN2O2/c1-8(15)3-2-6-13-11(16)9-4-5-10(12)14-7-9/h4-5,7-8,15H,2-3,6H2,1H3,(H,13,16). The normalized spacial score (nSPS) is 12.2. The first-order valence-electron chi connectivity index (χ1n) is 5.17. The molecule has 16 heavy (non-hydrogen) atoms. The second-order valence-corrected chi connectivity index (χ2v) is 4.00. The number of hydrogen-bond donors (Lipinski definition) is 2. The van der Waals surface area contributed by atoms with Crippen molar-refractivity contribution in [2.75, 3.05) is 6.54 Å². The molecule has 4 nitrogen and oxygen atoms in total. The van der Waals surface area contributed by atoms with Gasteiger partial charge in [0.1, 0.15) is 5.15 Å². The highest BCUT2D eigenvalue weighted by Crippen LogP contribution is 2.05. The maximum absolute atomic E-state index is 11.5. The molecule has 0 aliphatic heterocycles. The zero-order valence-corrected chi connectivity index (χ0v) is 9.87. The van der Waals surface area contributed by atoms with Crippen LogP contribution in [0.2, 0.25) is 5.15 Å². The van der Waals surface area contributed by atoms with Crippen LogP contribution in [0.3, 0.4) is 0 Å². The quantitative estimate of drug-likeness (QED) is 0.609. The number of rotatable bonds is 5. The van der Waals surface area contributed by atoms with Crippen molar-refractivity contribution >= 4 is 17.5 Å². The number of aliphatic hydroxyl groups is 1. The summed E-state index contributed by atoms with van der Waals surface area (Å²) in [4.78, 5) is 15.4. The van der Waals surface area contributed by atoms with Crippen LogP contribution in [-0.4, -0.2) is 28.6 Å². The Kier molecular flexibility index (Phi) is 5.22. The average molecular weight is 243 g/mol. The molecule has 1 aromatic heterocycles. The van der Waals surface area contributed by atoms with E-state index in [2.05, 4.69) is 10.3 Å². The van der Waals surface area contributed by atoms with E-state index in [9.17, 15) is 4.79 Å². The van der Waals surface area contributed by atoms with E-state index in [4.69, 9.17) is 16.7 Å². The van der Waals surface area contributed by atoms with Crippen LogP contribution in [0.15, 0.2) is 18.3 Å². The fraction of sp³-hybridized carbons (Fsp3) is 0.455. The van der Waals surface area contributed by atoms with E-state index in [0.717, 1.165) is 6.42 Å². The lowest BCUT2D eigenvalue weighted by atomic mass is 10.2. The van der Waals surface area contributed by atoms with E-state index < -0.39 is 0 Å². The molecule has 0 fully saturated rings. The van der Waals surface area contributed by atoms with Crippen molar-refractivity contribution < 1.29 is 9.90 Å². The lowest BCUT2D eigenvalue weighted by Gasteiger charge is -2.06. The molecule has 2 N–H and O–H groups in total. The molecular weight excluding hydrogens is 228 g/mol. The van der Waals surface area contributed by atoms with Crippen LogP contribution in [0, 0.1) is 0 Å². The monoisotopic (exact) mass is 242 g/mol. The number of nitrogens with one attached hydrogen (secondary N) is 1. The number of nitrogens with zero attached hydrogens (tertiary/aromatic N) is 1. The highest BCUT2D eigenvalue weighted by atomic mass is 35.5. The van der Waals surface area contributed by atoms with Gasteiger partial charge in [0.15, 0.2) is 0 Å². The Morgan fingerprint density at radius 3 is 2.94 bits per heavy atom. The summed E-state index contributed by atoms with van der Waals surface area (Å²) in [6.45, 7) is 2.28. The summed E-state index contributed by atoms with van der Waals surface area (Å²) in [5, 5.41) is 12.1. The van der Waals surface area contributed by atoms with Crippen LogP contribution in [-0.2, 0) is 0 Å². The number of aromatic nitrogens is 1. The zero-order valence-electron chi connectivity index (χ0n) is 9.11. The van der Waals surface area contributed by atoms with Crippen LogP contribution < -0.4 is 5.32 Å². The third-order valence-electron chi connectivity index (χ3n) is 2.07. The van der Waals surface area contributed by atoms with E-state index in [1.165, 1.54) is 6.20 Å². The maximum Gasteiger partial charge on any atom is 0.252 e. The van der Waals surface area contributed by atoms with E-state index >= 15 is 0 Å². The predicted molar refractivity (Wildman–Crippen MR) is 62.5 cm³/mol. The molecule has 0 saturated heterocycles. The lowest BCUT2D eigenvalue weighted by molar-refractivity contribution is 0.0949. The van der Waals surface area contributed by atoms with Crippen molar-refractivity contribution in [1.82, 2.24) is 10.3 Å². The summed E-state index contributed by atoms with van der Waals surface area (Å²) in [7, 11) is 0. The SMILES string of the molecule is CC(O)CCCNC(=O)c1ccc(Cl)nc1. The Labute approximate surface area is 99.6 Å². The molecule has 1 heterocycles. The average Bonchev–Trinajstić information content (AvgIpc) is 2.25. The maximum atomic E-state index is 11.5. The molecule has 5 heteroatoms. The molecule has 0 radical (unpaired) electrons. The molecular formula is C11H15ClN2O2. The van der Waals surface area contributed by atoms with Gasteiger partial charge in [-0.1, -0.05) is 11.6 Å². The number of carbonyl (C=O) groups excluding carboxylic acids is 1. The van der Waals surface area contributed by atoms with Gasteiger partial charge >= 0.3 is 0 Å². The lowest BCUT2D eigenvalue weighted by Crippen LogP contribution is -2.25. The molecule has 1 rings (SSSR count). The van der Waals surface area contributed by atoms with Gasteiger partial charge in [-0.05, 0) is 31.9 Å². The van der Waals surface area contributed by atoms with Gasteiger partial charge in [-0.2, -0.15) is 0 Å². The summed E-state index contributed by atoms with van der Waals surface area (Å²) in [6.07, 6.45) is 2.55. The Hall–Kier alpha value is -1.13. The van der Waals surface area contributed by atoms with E-state index in [1.807, 2.05) is 0 Å². The molecule has 88 valence electrons. The van der Waals surface area contributed by atoms with Crippen molar-refractivity contribution in [2.24, 2.45) is 0 Å². The van der Waals surface area contributed by atoms with Gasteiger partial charge in [-0.25, -0.2) is 4.98 Å². The van der Waals surface area contributed by atoms with E-state index in [0.29, 0.717) is 23.7 Å². The van der Waals surface area contributed by atoms with Gasteiger partial charge in [0.25, 0.3) is 5.91 Å². The Bertz CT molecular complexity index is 338. The van der Waals surface area contributed by atoms with Crippen molar-refractivity contribution in [1.29, 1.82) is 0 Å². The van der Waals surface area contributed by atoms with Crippen molar-refractivity contribution in [3.8, 4) is 0 Å². The largest absolute Gasteiger partial charge is 0.393 e. The molecule has 0 aliphatic rings. The van der Waals surface area contributed by atoms with Gasteiger partial charge in [-0.3, -0.25) is 4.79 Å². The topological polar surface area (TPSA) is 62.2 Å². The molecule has 1 amide bonds. The number of carbonyl (C=O) groups is 1. The van der Waals surface area contributed by atoms with Crippen LogP contribution in [0.5, 0.6) is 0 Å². The molecule has 0 aromatic carbocycles. The van der Waals surface area contributed by atoms with Crippen LogP contribution in [0.1, 0.15) is 30.1 Å². The minimum Gasteiger partial charge on any atom is -0.393 e. The molecule has 0 aliphatic carbocycles. The smallest absolute Gasteiger partial charge is 0.252 e. The summed E-state index contributed by atoms with van der Waals surface area (Å²) in [5.74, 6) is -0.172. The summed E-state index contributed by atoms with van der Waals surface area (Å²) in [6, 6.07) is 3.20. The number of pyridine rings is 1. The second kappa shape index (κ2) is 6.45. The highest BCUT2D eigenvalue weighted by molar-refractivity contribution is 6.29. The first-order valence-corrected chi connectivity index (χ1v) is 5.55. The third kappa shape index (κ3) is 4.59. The van der Waals surface area contributed by atoms with E-state index in [1.54, 1.807) is 19.1 Å². The van der Waals surface area contributed by atoms with Gasteiger partial charge in [-0.15, -0.1) is 0 Å². The first kappa shape index (κ1) is 12.9. The minimum atomic E-state index is -0.325. The molecule has 1 atom stereocenters. The molecule has 0 spiro atoms. The third-order valence-corrected chi connectivity index (χ3v) is 2.30. The van der Waals surface area contributed by atoms with Gasteiger partial charge in [0.05, 0.1) is 11.7 Å². The number of amides is 1. The van der Waals surface area contributed by atoms with Crippen LogP contribution in [0.25, 0.3) is 0 Å². The van der Waals surface area contributed by atoms with Gasteiger partial charge in [0, 0.05) is 12.7 Å². The molecule has 0 saturated carbocycles. The predicted octanol–water partition coefficient (Wildman–Crippen LogP) is 1.63. The van der Waals surface area contributed by atoms with Crippen molar-refractivity contribution in [3.05, 3.63) is 29.0 Å². The Morgan fingerprint density at radius 2 is 2.38 bits per heavy atom. The molecule has 1 aromatic rings. The zero-order chi connectivity index (χ0) is 12.0. The summed E-state index contributed by atoms with van der Waals surface area (Å²) >= 11 is 5.61. The molecule has 1 unspecified atom stereocenters. The fourth-order valence-electron chi connectivity index (χ4n) is 1.21. The Balaban J connectivity index is 2.32. The summed E-state index contributed by atoms with van der Waals surface area (Å²) < 4.78 is 0. The Morgan fingerprint density at radius 1 is 1.62 bits per heavy atom. The summed E-state index contributed by atoms with van der Waals surface area (Å²) in [5.41, 5.74) is 0.487. The van der Waals surface area contributed by atoms with Gasteiger partial charge < -0.3 is 10.4 Å². The highest BCUT2D eigenvalue weighted by Gasteiger charge is 2.05. The fourth-order valence-corrected chi connectivity index (χ4v) is 1.32. The number of hydrogen-bond acceptors (Lipinski definition) is 3. The number of aliphatic hydroxyl groups excluding tert-OH is 1. The van der Waals surface area contributed by atoms with E-state index in [-0.39, 0.29) is 12.0 Å². The van der Waals surface area contributed by atoms with Crippen LogP contribution in [0.4, 0.5) is 0 Å². The van der Waals surface area contributed by atoms with Crippen LogP contribution >= 0.6 is 11.6 Å².